The molecule has 1 heterocycles. The van der Waals surface area contributed by atoms with Crippen molar-refractivity contribution in [3.8, 4) is 0 Å². The molecular weight excluding hydrogens is 220 g/mol. The van der Waals surface area contributed by atoms with E-state index >= 15 is 0 Å². The maximum absolute atomic E-state index is 6.07. The molecule has 2 N–H and O–H groups in total. The zero-order valence-corrected chi connectivity index (χ0v) is 10.5. The molecule has 1 aliphatic heterocycles. The van der Waals surface area contributed by atoms with Gasteiger partial charge in [-0.3, -0.25) is 0 Å². The van der Waals surface area contributed by atoms with Gasteiger partial charge in [0.15, 0.2) is 0 Å². The third kappa shape index (κ3) is 2.27. The summed E-state index contributed by atoms with van der Waals surface area (Å²) in [5, 5.41) is 0.661. The predicted octanol–water partition coefficient (Wildman–Crippen LogP) is 3.69. The first-order valence-electron chi connectivity index (χ1n) is 6.01. The van der Waals surface area contributed by atoms with Crippen LogP contribution in [0.15, 0.2) is 18.2 Å². The molecule has 0 spiro atoms. The Balaban J connectivity index is 2.30. The van der Waals surface area contributed by atoms with E-state index in [-0.39, 0.29) is 0 Å². The molecular formula is C13H19ClN2. The number of halogens is 1. The number of rotatable bonds is 1. The Hall–Kier alpha value is -0.890. The van der Waals surface area contributed by atoms with Crippen molar-refractivity contribution in [1.29, 1.82) is 0 Å². The van der Waals surface area contributed by atoms with Gasteiger partial charge in [0.2, 0.25) is 0 Å². The number of hydrogen-bond acceptors (Lipinski definition) is 2. The van der Waals surface area contributed by atoms with E-state index in [0.29, 0.717) is 11.1 Å². The molecule has 0 bridgehead atoms. The number of para-hydroxylation sites is 1. The molecule has 0 amide bonds. The number of nitrogens with two attached hydrogens (primary N) is 1. The number of anilines is 2. The van der Waals surface area contributed by atoms with Crippen LogP contribution in [-0.2, 0) is 0 Å². The van der Waals surface area contributed by atoms with Crippen LogP contribution in [0.1, 0.15) is 32.6 Å². The topological polar surface area (TPSA) is 29.3 Å². The number of nitrogen functional groups attached to an aromatic ring is 1. The zero-order valence-electron chi connectivity index (χ0n) is 9.75. The lowest BCUT2D eigenvalue weighted by Gasteiger charge is -2.30. The first-order valence-corrected chi connectivity index (χ1v) is 6.38. The van der Waals surface area contributed by atoms with Crippen LogP contribution in [-0.4, -0.2) is 12.6 Å². The van der Waals surface area contributed by atoms with Crippen LogP contribution >= 0.6 is 11.6 Å². The number of hydrogen-bond donors (Lipinski definition) is 1. The summed E-state index contributed by atoms with van der Waals surface area (Å²) in [5.41, 5.74) is 7.87. The van der Waals surface area contributed by atoms with E-state index in [2.05, 4.69) is 17.9 Å². The molecule has 1 aliphatic rings. The maximum Gasteiger partial charge on any atom is 0.0741 e. The van der Waals surface area contributed by atoms with Crippen molar-refractivity contribution >= 4 is 23.0 Å². The van der Waals surface area contributed by atoms with E-state index < -0.39 is 0 Å². The second-order valence-corrected chi connectivity index (χ2v) is 4.97. The summed E-state index contributed by atoms with van der Waals surface area (Å²) in [5.74, 6) is 0. The molecule has 1 unspecified atom stereocenters. The summed E-state index contributed by atoms with van der Waals surface area (Å²) in [6.07, 6.45) is 5.13. The standard InChI is InChI=1S/C13H19ClN2/c1-10-6-3-2-4-9-16(10)12-8-5-7-11(14)13(12)15/h5,7-8,10H,2-4,6,9,15H2,1H3. The third-order valence-electron chi connectivity index (χ3n) is 3.39. The van der Waals surface area contributed by atoms with Gasteiger partial charge in [0.05, 0.1) is 16.4 Å². The van der Waals surface area contributed by atoms with Crippen LogP contribution in [0.2, 0.25) is 5.02 Å². The minimum Gasteiger partial charge on any atom is -0.396 e. The lowest BCUT2D eigenvalue weighted by molar-refractivity contribution is 0.617. The molecule has 1 atom stereocenters. The fraction of sp³-hybridized carbons (Fsp3) is 0.538. The molecule has 3 heteroatoms. The molecule has 1 aromatic rings. The minimum atomic E-state index is 0.559. The van der Waals surface area contributed by atoms with Crippen molar-refractivity contribution in [3.63, 3.8) is 0 Å². The molecule has 0 saturated carbocycles. The highest BCUT2D eigenvalue weighted by Crippen LogP contribution is 2.33. The second kappa shape index (κ2) is 4.96. The average molecular weight is 239 g/mol. The largest absolute Gasteiger partial charge is 0.396 e. The Morgan fingerprint density at radius 2 is 2.12 bits per heavy atom. The van der Waals surface area contributed by atoms with Gasteiger partial charge >= 0.3 is 0 Å². The van der Waals surface area contributed by atoms with Crippen molar-refractivity contribution < 1.29 is 0 Å². The van der Waals surface area contributed by atoms with Gasteiger partial charge < -0.3 is 10.6 Å². The van der Waals surface area contributed by atoms with Gasteiger partial charge in [-0.15, -0.1) is 0 Å². The quantitative estimate of drug-likeness (QED) is 0.756. The lowest BCUT2D eigenvalue weighted by Crippen LogP contribution is -2.33. The Bertz CT molecular complexity index is 365. The third-order valence-corrected chi connectivity index (χ3v) is 3.72. The lowest BCUT2D eigenvalue weighted by atomic mass is 10.1. The van der Waals surface area contributed by atoms with Gasteiger partial charge in [0, 0.05) is 12.6 Å². The summed E-state index contributed by atoms with van der Waals surface area (Å²) in [4.78, 5) is 2.40. The molecule has 0 aromatic heterocycles. The maximum atomic E-state index is 6.07. The molecule has 2 rings (SSSR count). The van der Waals surface area contributed by atoms with Crippen LogP contribution < -0.4 is 10.6 Å². The summed E-state index contributed by atoms with van der Waals surface area (Å²) in [7, 11) is 0. The summed E-state index contributed by atoms with van der Waals surface area (Å²) in [6, 6.07) is 6.46. The van der Waals surface area contributed by atoms with Gasteiger partial charge in [-0.25, -0.2) is 0 Å². The Labute approximate surface area is 102 Å². The zero-order chi connectivity index (χ0) is 11.5. The first kappa shape index (κ1) is 11.6. The Morgan fingerprint density at radius 3 is 2.94 bits per heavy atom. The Morgan fingerprint density at radius 1 is 1.31 bits per heavy atom. The van der Waals surface area contributed by atoms with Crippen molar-refractivity contribution in [2.24, 2.45) is 0 Å². The Kier molecular flexibility index (Phi) is 3.59. The van der Waals surface area contributed by atoms with Gasteiger partial charge in [0.25, 0.3) is 0 Å². The monoisotopic (exact) mass is 238 g/mol. The van der Waals surface area contributed by atoms with Crippen LogP contribution in [0.3, 0.4) is 0 Å². The fourth-order valence-electron chi connectivity index (χ4n) is 2.41. The van der Waals surface area contributed by atoms with Crippen molar-refractivity contribution in [2.45, 2.75) is 38.6 Å². The van der Waals surface area contributed by atoms with Gasteiger partial charge in [0.1, 0.15) is 0 Å². The summed E-state index contributed by atoms with van der Waals surface area (Å²) in [6.45, 7) is 3.36. The van der Waals surface area contributed by atoms with E-state index in [4.69, 9.17) is 17.3 Å². The minimum absolute atomic E-state index is 0.559. The van der Waals surface area contributed by atoms with Crippen molar-refractivity contribution in [3.05, 3.63) is 23.2 Å². The molecule has 88 valence electrons. The normalized spacial score (nSPS) is 21.9. The number of nitrogens with zero attached hydrogens (tertiary/aromatic N) is 1. The number of benzene rings is 1. The van der Waals surface area contributed by atoms with Crippen LogP contribution in [0, 0.1) is 0 Å². The molecule has 1 aromatic carbocycles. The van der Waals surface area contributed by atoms with E-state index in [1.54, 1.807) is 0 Å². The van der Waals surface area contributed by atoms with E-state index in [9.17, 15) is 0 Å². The van der Waals surface area contributed by atoms with Crippen LogP contribution in [0.25, 0.3) is 0 Å². The van der Waals surface area contributed by atoms with Crippen molar-refractivity contribution in [2.75, 3.05) is 17.2 Å². The SMILES string of the molecule is CC1CCCCCN1c1cccc(Cl)c1N. The molecule has 0 radical (unpaired) electrons. The van der Waals surface area contributed by atoms with Crippen LogP contribution in [0.4, 0.5) is 11.4 Å². The highest BCUT2D eigenvalue weighted by molar-refractivity contribution is 6.33. The fourth-order valence-corrected chi connectivity index (χ4v) is 2.58. The molecule has 2 nitrogen and oxygen atoms in total. The molecule has 1 saturated heterocycles. The smallest absolute Gasteiger partial charge is 0.0741 e. The van der Waals surface area contributed by atoms with E-state index in [0.717, 1.165) is 17.9 Å². The average Bonchev–Trinajstić information content (AvgIpc) is 2.47. The predicted molar refractivity (Wildman–Crippen MR) is 71.1 cm³/mol. The summed E-state index contributed by atoms with van der Waals surface area (Å²) >= 11 is 6.07. The van der Waals surface area contributed by atoms with Gasteiger partial charge in [-0.2, -0.15) is 0 Å². The van der Waals surface area contributed by atoms with E-state index in [1.807, 2.05) is 12.1 Å². The van der Waals surface area contributed by atoms with Gasteiger partial charge in [-0.05, 0) is 31.9 Å². The molecule has 16 heavy (non-hydrogen) atoms. The van der Waals surface area contributed by atoms with Gasteiger partial charge in [-0.1, -0.05) is 30.5 Å². The second-order valence-electron chi connectivity index (χ2n) is 4.56. The highest BCUT2D eigenvalue weighted by Gasteiger charge is 2.19. The molecule has 1 fully saturated rings. The summed E-state index contributed by atoms with van der Waals surface area (Å²) < 4.78 is 0. The van der Waals surface area contributed by atoms with Crippen LogP contribution in [0.5, 0.6) is 0 Å². The highest BCUT2D eigenvalue weighted by atomic mass is 35.5. The first-order chi connectivity index (χ1) is 7.70. The molecule has 0 aliphatic carbocycles. The van der Waals surface area contributed by atoms with Crippen molar-refractivity contribution in [1.82, 2.24) is 0 Å². The van der Waals surface area contributed by atoms with E-state index in [1.165, 1.54) is 25.7 Å².